The van der Waals surface area contributed by atoms with Gasteiger partial charge in [0.15, 0.2) is 0 Å². The van der Waals surface area contributed by atoms with Crippen LogP contribution >= 0.6 is 0 Å². The van der Waals surface area contributed by atoms with Gasteiger partial charge in [-0.2, -0.15) is 0 Å². The maximum Gasteiger partial charge on any atom is 0.123 e. The molecule has 1 saturated carbocycles. The summed E-state index contributed by atoms with van der Waals surface area (Å²) in [6, 6.07) is 5.49. The van der Waals surface area contributed by atoms with Gasteiger partial charge >= 0.3 is 0 Å². The molecule has 0 aliphatic heterocycles. The van der Waals surface area contributed by atoms with Crippen LogP contribution in [0, 0.1) is 18.7 Å². The van der Waals surface area contributed by atoms with Gasteiger partial charge in [0.2, 0.25) is 0 Å². The van der Waals surface area contributed by atoms with Crippen LogP contribution in [-0.4, -0.2) is 6.54 Å². The summed E-state index contributed by atoms with van der Waals surface area (Å²) in [6.07, 6.45) is 9.35. The van der Waals surface area contributed by atoms with E-state index in [1.807, 2.05) is 6.07 Å². The second-order valence-corrected chi connectivity index (χ2v) is 6.20. The van der Waals surface area contributed by atoms with Crippen molar-refractivity contribution in [3.63, 3.8) is 0 Å². The average Bonchev–Trinajstić information content (AvgIpc) is 2.70. The molecule has 1 aromatic rings. The Kier molecular flexibility index (Phi) is 6.03. The van der Waals surface area contributed by atoms with Crippen LogP contribution in [-0.2, 0) is 0 Å². The lowest BCUT2D eigenvalue weighted by Gasteiger charge is -2.25. The van der Waals surface area contributed by atoms with Crippen molar-refractivity contribution in [2.24, 2.45) is 5.92 Å². The Morgan fingerprint density at radius 2 is 1.90 bits per heavy atom. The number of aryl methyl sites for hydroxylation is 1. The Labute approximate surface area is 123 Å². The summed E-state index contributed by atoms with van der Waals surface area (Å²) in [4.78, 5) is 0. The molecule has 1 aromatic carbocycles. The minimum Gasteiger partial charge on any atom is -0.310 e. The van der Waals surface area contributed by atoms with E-state index in [0.717, 1.165) is 24.4 Å². The monoisotopic (exact) mass is 277 g/mol. The number of benzene rings is 1. The SMILES string of the molecule is CCNC(CC1CCCCCC1)c1cc(F)ccc1C. The predicted octanol–water partition coefficient (Wildman–Crippen LogP) is 5.15. The number of halogens is 1. The molecule has 1 unspecified atom stereocenters. The molecule has 112 valence electrons. The zero-order valence-corrected chi connectivity index (χ0v) is 12.9. The van der Waals surface area contributed by atoms with Gasteiger partial charge < -0.3 is 5.32 Å². The van der Waals surface area contributed by atoms with Crippen LogP contribution in [0.3, 0.4) is 0 Å². The third-order valence-corrected chi connectivity index (χ3v) is 4.61. The highest BCUT2D eigenvalue weighted by Gasteiger charge is 2.20. The van der Waals surface area contributed by atoms with Crippen molar-refractivity contribution in [1.29, 1.82) is 0 Å². The zero-order chi connectivity index (χ0) is 14.4. The maximum absolute atomic E-state index is 13.6. The predicted molar refractivity (Wildman–Crippen MR) is 83.4 cm³/mol. The molecule has 1 N–H and O–H groups in total. The Morgan fingerprint density at radius 1 is 1.20 bits per heavy atom. The lowest BCUT2D eigenvalue weighted by molar-refractivity contribution is 0.358. The van der Waals surface area contributed by atoms with Crippen LogP contribution in [0.2, 0.25) is 0 Å². The molecular weight excluding hydrogens is 249 g/mol. The first-order valence-corrected chi connectivity index (χ1v) is 8.20. The Hall–Kier alpha value is -0.890. The molecule has 0 radical (unpaired) electrons. The molecule has 0 heterocycles. The summed E-state index contributed by atoms with van der Waals surface area (Å²) in [6.45, 7) is 5.16. The summed E-state index contributed by atoms with van der Waals surface area (Å²) in [7, 11) is 0. The molecule has 1 atom stereocenters. The Morgan fingerprint density at radius 3 is 2.55 bits per heavy atom. The third-order valence-electron chi connectivity index (χ3n) is 4.61. The maximum atomic E-state index is 13.6. The van der Waals surface area contributed by atoms with Gasteiger partial charge in [0.1, 0.15) is 5.82 Å². The molecule has 20 heavy (non-hydrogen) atoms. The van der Waals surface area contributed by atoms with Crippen molar-refractivity contribution in [3.8, 4) is 0 Å². The summed E-state index contributed by atoms with van der Waals surface area (Å²) in [5, 5.41) is 3.57. The van der Waals surface area contributed by atoms with Crippen molar-refractivity contribution < 1.29 is 4.39 Å². The van der Waals surface area contributed by atoms with Crippen LogP contribution in [0.5, 0.6) is 0 Å². The first kappa shape index (κ1) is 15.5. The van der Waals surface area contributed by atoms with Gasteiger partial charge in [0.25, 0.3) is 0 Å². The van der Waals surface area contributed by atoms with Gasteiger partial charge in [0, 0.05) is 6.04 Å². The molecule has 0 spiro atoms. The molecule has 0 amide bonds. The second-order valence-electron chi connectivity index (χ2n) is 6.20. The van der Waals surface area contributed by atoms with E-state index in [1.54, 1.807) is 12.1 Å². The number of rotatable bonds is 5. The van der Waals surface area contributed by atoms with E-state index in [4.69, 9.17) is 0 Å². The van der Waals surface area contributed by atoms with Crippen molar-refractivity contribution in [2.75, 3.05) is 6.54 Å². The summed E-state index contributed by atoms with van der Waals surface area (Å²) >= 11 is 0. The van der Waals surface area contributed by atoms with Gasteiger partial charge in [-0.25, -0.2) is 4.39 Å². The fourth-order valence-corrected chi connectivity index (χ4v) is 3.49. The molecule has 1 nitrogen and oxygen atoms in total. The van der Waals surface area contributed by atoms with E-state index in [0.29, 0.717) is 6.04 Å². The van der Waals surface area contributed by atoms with E-state index >= 15 is 0 Å². The van der Waals surface area contributed by atoms with Gasteiger partial charge in [-0.05, 0) is 49.1 Å². The number of nitrogens with one attached hydrogen (secondary N) is 1. The highest BCUT2D eigenvalue weighted by molar-refractivity contribution is 5.29. The van der Waals surface area contributed by atoms with Crippen LogP contribution in [0.15, 0.2) is 18.2 Å². The van der Waals surface area contributed by atoms with Gasteiger partial charge in [-0.3, -0.25) is 0 Å². The van der Waals surface area contributed by atoms with E-state index in [-0.39, 0.29) is 5.82 Å². The smallest absolute Gasteiger partial charge is 0.123 e. The molecule has 0 saturated heterocycles. The minimum atomic E-state index is -0.116. The lowest BCUT2D eigenvalue weighted by Crippen LogP contribution is -2.24. The van der Waals surface area contributed by atoms with E-state index in [9.17, 15) is 4.39 Å². The van der Waals surface area contributed by atoms with Gasteiger partial charge in [-0.1, -0.05) is 51.5 Å². The molecule has 1 aliphatic rings. The van der Waals surface area contributed by atoms with Crippen molar-refractivity contribution >= 4 is 0 Å². The van der Waals surface area contributed by atoms with E-state index in [1.165, 1.54) is 44.1 Å². The minimum absolute atomic E-state index is 0.116. The molecule has 1 aliphatic carbocycles. The summed E-state index contributed by atoms with van der Waals surface area (Å²) in [5.41, 5.74) is 2.35. The molecule has 2 rings (SSSR count). The highest BCUT2D eigenvalue weighted by Crippen LogP contribution is 2.32. The van der Waals surface area contributed by atoms with Gasteiger partial charge in [0.05, 0.1) is 0 Å². The van der Waals surface area contributed by atoms with Crippen LogP contribution in [0.25, 0.3) is 0 Å². The molecule has 2 heteroatoms. The zero-order valence-electron chi connectivity index (χ0n) is 12.9. The van der Waals surface area contributed by atoms with E-state index < -0.39 is 0 Å². The fraction of sp³-hybridized carbons (Fsp3) is 0.667. The summed E-state index contributed by atoms with van der Waals surface area (Å²) < 4.78 is 13.6. The van der Waals surface area contributed by atoms with Crippen LogP contribution in [0.1, 0.15) is 69.0 Å². The molecule has 0 bridgehead atoms. The van der Waals surface area contributed by atoms with Crippen molar-refractivity contribution in [1.82, 2.24) is 5.32 Å². The normalized spacial score (nSPS) is 18.8. The standard InChI is InChI=1S/C18H28FN/c1-3-20-18(12-15-8-6-4-5-7-9-15)17-13-16(19)11-10-14(17)2/h10-11,13,15,18,20H,3-9,12H2,1-2H3. The van der Waals surface area contributed by atoms with Crippen molar-refractivity contribution in [3.05, 3.63) is 35.1 Å². The lowest BCUT2D eigenvalue weighted by atomic mass is 9.88. The Bertz CT molecular complexity index is 408. The highest BCUT2D eigenvalue weighted by atomic mass is 19.1. The largest absolute Gasteiger partial charge is 0.310 e. The average molecular weight is 277 g/mol. The van der Waals surface area contributed by atoms with Crippen molar-refractivity contribution in [2.45, 2.75) is 64.8 Å². The molecule has 0 aromatic heterocycles. The first-order valence-electron chi connectivity index (χ1n) is 8.20. The third kappa shape index (κ3) is 4.31. The van der Waals surface area contributed by atoms with Gasteiger partial charge in [-0.15, -0.1) is 0 Å². The molecule has 1 fully saturated rings. The topological polar surface area (TPSA) is 12.0 Å². The first-order chi connectivity index (χ1) is 9.70. The number of hydrogen-bond acceptors (Lipinski definition) is 1. The van der Waals surface area contributed by atoms with Crippen LogP contribution in [0.4, 0.5) is 4.39 Å². The fourth-order valence-electron chi connectivity index (χ4n) is 3.49. The second kappa shape index (κ2) is 7.78. The van der Waals surface area contributed by atoms with Crippen LogP contribution < -0.4 is 5.32 Å². The molecular formula is C18H28FN. The number of hydrogen-bond donors (Lipinski definition) is 1. The quantitative estimate of drug-likeness (QED) is 0.734. The van der Waals surface area contributed by atoms with E-state index in [2.05, 4.69) is 19.2 Å². The Balaban J connectivity index is 2.10. The summed E-state index contributed by atoms with van der Waals surface area (Å²) in [5.74, 6) is 0.679.